The monoisotopic (exact) mass is 257 g/mol. The van der Waals surface area contributed by atoms with Gasteiger partial charge in [0.25, 0.3) is 5.91 Å². The number of nitrogens with zero attached hydrogens (tertiary/aromatic N) is 1. The molecule has 0 aliphatic rings. The van der Waals surface area contributed by atoms with Crippen molar-refractivity contribution < 1.29 is 9.53 Å². The molecule has 3 N–H and O–H groups in total. The second kappa shape index (κ2) is 7.09. The molecule has 6 heteroatoms. The second-order valence-electron chi connectivity index (χ2n) is 3.40. The largest absolute Gasteiger partial charge is 0.384 e. The molecule has 1 aromatic rings. The lowest BCUT2D eigenvalue weighted by molar-refractivity contribution is 0.0944. The molecule has 17 heavy (non-hydrogen) atoms. The van der Waals surface area contributed by atoms with Crippen molar-refractivity contribution in [3.05, 3.63) is 22.8 Å². The molecule has 0 aliphatic carbocycles. The van der Waals surface area contributed by atoms with Crippen molar-refractivity contribution in [2.24, 2.45) is 0 Å². The van der Waals surface area contributed by atoms with Crippen molar-refractivity contribution in [2.45, 2.75) is 13.3 Å². The Morgan fingerprint density at radius 2 is 2.41 bits per heavy atom. The Bertz CT molecular complexity index is 385. The van der Waals surface area contributed by atoms with Crippen LogP contribution in [0.4, 0.5) is 5.82 Å². The quantitative estimate of drug-likeness (QED) is 0.757. The number of pyridine rings is 1. The molecule has 0 unspecified atom stereocenters. The van der Waals surface area contributed by atoms with E-state index in [-0.39, 0.29) is 11.7 Å². The standard InChI is InChI=1S/C11H16ClN3O2/c1-2-17-5-3-4-14-11(16)8-6-10(13)15-7-9(8)12/h6-7H,2-5H2,1H3,(H2,13,15)(H,14,16). The summed E-state index contributed by atoms with van der Waals surface area (Å²) in [6.45, 7) is 3.78. The predicted molar refractivity (Wildman–Crippen MR) is 67.1 cm³/mol. The number of nitrogen functional groups attached to an aromatic ring is 1. The first kappa shape index (κ1) is 13.7. The molecular weight excluding hydrogens is 242 g/mol. The van der Waals surface area contributed by atoms with Crippen molar-refractivity contribution in [3.8, 4) is 0 Å². The molecule has 0 saturated carbocycles. The maximum Gasteiger partial charge on any atom is 0.252 e. The number of hydrogen-bond donors (Lipinski definition) is 2. The Kier molecular flexibility index (Phi) is 5.72. The number of carbonyl (C=O) groups is 1. The van der Waals surface area contributed by atoms with Gasteiger partial charge in [-0.3, -0.25) is 4.79 Å². The molecule has 1 amide bonds. The molecule has 0 aliphatic heterocycles. The van der Waals surface area contributed by atoms with Gasteiger partial charge < -0.3 is 15.8 Å². The lowest BCUT2D eigenvalue weighted by atomic mass is 10.2. The first-order chi connectivity index (χ1) is 8.15. The van der Waals surface area contributed by atoms with E-state index in [1.165, 1.54) is 12.3 Å². The predicted octanol–water partition coefficient (Wildman–Crippen LogP) is 1.47. The number of aromatic nitrogens is 1. The van der Waals surface area contributed by atoms with Crippen molar-refractivity contribution in [2.75, 3.05) is 25.5 Å². The summed E-state index contributed by atoms with van der Waals surface area (Å²) in [4.78, 5) is 15.5. The number of rotatable bonds is 6. The number of carbonyl (C=O) groups excluding carboxylic acids is 1. The van der Waals surface area contributed by atoms with Gasteiger partial charge >= 0.3 is 0 Å². The number of hydrogen-bond acceptors (Lipinski definition) is 4. The van der Waals surface area contributed by atoms with E-state index in [0.29, 0.717) is 30.3 Å². The summed E-state index contributed by atoms with van der Waals surface area (Å²) >= 11 is 5.85. The van der Waals surface area contributed by atoms with Crippen LogP contribution in [0.15, 0.2) is 12.3 Å². The van der Waals surface area contributed by atoms with E-state index in [1.54, 1.807) is 0 Å². The number of anilines is 1. The molecule has 0 atom stereocenters. The fraction of sp³-hybridized carbons (Fsp3) is 0.455. The van der Waals surface area contributed by atoms with Gasteiger partial charge in [-0.1, -0.05) is 11.6 Å². The molecule has 0 spiro atoms. The summed E-state index contributed by atoms with van der Waals surface area (Å²) in [6, 6.07) is 1.46. The average Bonchev–Trinajstić information content (AvgIpc) is 2.32. The van der Waals surface area contributed by atoms with Crippen molar-refractivity contribution >= 4 is 23.3 Å². The van der Waals surface area contributed by atoms with Crippen LogP contribution < -0.4 is 11.1 Å². The van der Waals surface area contributed by atoms with Gasteiger partial charge in [0.15, 0.2) is 0 Å². The SMILES string of the molecule is CCOCCCNC(=O)c1cc(N)ncc1Cl. The first-order valence-corrected chi connectivity index (χ1v) is 5.80. The van der Waals surface area contributed by atoms with Gasteiger partial charge in [-0.25, -0.2) is 4.98 Å². The zero-order valence-electron chi connectivity index (χ0n) is 9.70. The van der Waals surface area contributed by atoms with Gasteiger partial charge in [-0.15, -0.1) is 0 Å². The molecule has 0 bridgehead atoms. The summed E-state index contributed by atoms with van der Waals surface area (Å²) in [6.07, 6.45) is 2.13. The molecule has 94 valence electrons. The molecular formula is C11H16ClN3O2. The van der Waals surface area contributed by atoms with E-state index in [9.17, 15) is 4.79 Å². The number of halogens is 1. The Morgan fingerprint density at radius 1 is 1.65 bits per heavy atom. The van der Waals surface area contributed by atoms with E-state index in [4.69, 9.17) is 22.1 Å². The van der Waals surface area contributed by atoms with Gasteiger partial charge in [0.05, 0.1) is 10.6 Å². The lowest BCUT2D eigenvalue weighted by Crippen LogP contribution is -2.25. The third-order valence-corrected chi connectivity index (χ3v) is 2.38. The second-order valence-corrected chi connectivity index (χ2v) is 3.80. The first-order valence-electron chi connectivity index (χ1n) is 5.42. The van der Waals surface area contributed by atoms with Crippen LogP contribution in [0.2, 0.25) is 5.02 Å². The highest BCUT2D eigenvalue weighted by Gasteiger charge is 2.10. The highest BCUT2D eigenvalue weighted by Crippen LogP contribution is 2.16. The normalized spacial score (nSPS) is 10.2. The van der Waals surface area contributed by atoms with Gasteiger partial charge in [0.2, 0.25) is 0 Å². The maximum atomic E-state index is 11.7. The van der Waals surface area contributed by atoms with E-state index in [0.717, 1.165) is 6.42 Å². The molecule has 1 rings (SSSR count). The number of nitrogens with two attached hydrogens (primary N) is 1. The topological polar surface area (TPSA) is 77.2 Å². The highest BCUT2D eigenvalue weighted by molar-refractivity contribution is 6.33. The number of nitrogens with one attached hydrogen (secondary N) is 1. The zero-order valence-corrected chi connectivity index (χ0v) is 10.5. The van der Waals surface area contributed by atoms with Crippen LogP contribution in [0.25, 0.3) is 0 Å². The van der Waals surface area contributed by atoms with Gasteiger partial charge in [0.1, 0.15) is 5.82 Å². The summed E-state index contributed by atoms with van der Waals surface area (Å²) < 4.78 is 5.16. The van der Waals surface area contributed by atoms with Crippen molar-refractivity contribution in [3.63, 3.8) is 0 Å². The van der Waals surface area contributed by atoms with Crippen LogP contribution >= 0.6 is 11.6 Å². The Hall–Kier alpha value is -1.33. The smallest absolute Gasteiger partial charge is 0.252 e. The molecule has 0 aromatic carbocycles. The molecule has 0 saturated heterocycles. The molecule has 1 heterocycles. The summed E-state index contributed by atoms with van der Waals surface area (Å²) in [5, 5.41) is 3.03. The zero-order chi connectivity index (χ0) is 12.7. The minimum atomic E-state index is -0.249. The van der Waals surface area contributed by atoms with Gasteiger partial charge in [-0.2, -0.15) is 0 Å². The molecule has 0 radical (unpaired) electrons. The maximum absolute atomic E-state index is 11.7. The third-order valence-electron chi connectivity index (χ3n) is 2.08. The number of ether oxygens (including phenoxy) is 1. The lowest BCUT2D eigenvalue weighted by Gasteiger charge is -2.07. The fourth-order valence-corrected chi connectivity index (χ4v) is 1.43. The van der Waals surface area contributed by atoms with Crippen molar-refractivity contribution in [1.82, 2.24) is 10.3 Å². The number of amides is 1. The Morgan fingerprint density at radius 3 is 3.12 bits per heavy atom. The summed E-state index contributed by atoms with van der Waals surface area (Å²) in [5.74, 6) is 0.0227. The van der Waals surface area contributed by atoms with Gasteiger partial charge in [-0.05, 0) is 19.4 Å². The highest BCUT2D eigenvalue weighted by atomic mass is 35.5. The molecule has 5 nitrogen and oxygen atoms in total. The van der Waals surface area contributed by atoms with E-state index >= 15 is 0 Å². The third kappa shape index (κ3) is 4.58. The summed E-state index contributed by atoms with van der Waals surface area (Å²) in [7, 11) is 0. The van der Waals surface area contributed by atoms with Crippen LogP contribution in [0.3, 0.4) is 0 Å². The fourth-order valence-electron chi connectivity index (χ4n) is 1.24. The summed E-state index contributed by atoms with van der Waals surface area (Å²) in [5.41, 5.74) is 5.83. The van der Waals surface area contributed by atoms with Crippen LogP contribution in [0.1, 0.15) is 23.7 Å². The van der Waals surface area contributed by atoms with Crippen LogP contribution in [0.5, 0.6) is 0 Å². The molecule has 1 aromatic heterocycles. The van der Waals surface area contributed by atoms with E-state index < -0.39 is 0 Å². The van der Waals surface area contributed by atoms with E-state index in [2.05, 4.69) is 10.3 Å². The minimum Gasteiger partial charge on any atom is -0.384 e. The van der Waals surface area contributed by atoms with Gasteiger partial charge in [0, 0.05) is 26.0 Å². The molecule has 0 fully saturated rings. The average molecular weight is 258 g/mol. The van der Waals surface area contributed by atoms with Crippen LogP contribution in [0, 0.1) is 0 Å². The van der Waals surface area contributed by atoms with E-state index in [1.807, 2.05) is 6.92 Å². The van der Waals surface area contributed by atoms with Crippen LogP contribution in [-0.2, 0) is 4.74 Å². The minimum absolute atomic E-state index is 0.249. The van der Waals surface area contributed by atoms with Crippen molar-refractivity contribution in [1.29, 1.82) is 0 Å². The Balaban J connectivity index is 2.44. The Labute approximate surface area is 105 Å². The van der Waals surface area contributed by atoms with Crippen LogP contribution in [-0.4, -0.2) is 30.6 Å².